The van der Waals surface area contributed by atoms with Crippen LogP contribution in [-0.2, 0) is 14.8 Å². The maximum Gasteiger partial charge on any atom is 0.215 e. The summed E-state index contributed by atoms with van der Waals surface area (Å²) in [6.45, 7) is 4.63. The highest BCUT2D eigenvalue weighted by atomic mass is 32.2. The van der Waals surface area contributed by atoms with Crippen molar-refractivity contribution in [3.8, 4) is 0 Å². The van der Waals surface area contributed by atoms with Crippen molar-refractivity contribution in [1.29, 1.82) is 0 Å². The molecule has 0 saturated carbocycles. The first kappa shape index (κ1) is 13.3. The van der Waals surface area contributed by atoms with E-state index in [-0.39, 0.29) is 17.9 Å². The van der Waals surface area contributed by atoms with Crippen molar-refractivity contribution in [1.82, 2.24) is 9.62 Å². The molecule has 0 radical (unpaired) electrons. The Balaban J connectivity index is 1.97. The summed E-state index contributed by atoms with van der Waals surface area (Å²) in [6.07, 6.45) is 2.85. The van der Waals surface area contributed by atoms with E-state index in [2.05, 4.69) is 5.32 Å². The third-order valence-electron chi connectivity index (χ3n) is 3.38. The minimum Gasteiger partial charge on any atom is -0.377 e. The van der Waals surface area contributed by atoms with Crippen molar-refractivity contribution in [2.45, 2.75) is 38.3 Å². The number of nitrogens with zero attached hydrogens (tertiary/aromatic N) is 1. The molecule has 2 saturated heterocycles. The monoisotopic (exact) mass is 262 g/mol. The predicted octanol–water partition coefficient (Wildman–Crippen LogP) is 0.179. The van der Waals surface area contributed by atoms with E-state index >= 15 is 0 Å². The molecule has 0 aromatic heterocycles. The number of sulfonamides is 1. The first-order valence-corrected chi connectivity index (χ1v) is 8.01. The molecular formula is C11H22N2O3S. The highest BCUT2D eigenvalue weighted by molar-refractivity contribution is 7.89. The Labute approximate surface area is 104 Å². The van der Waals surface area contributed by atoms with Gasteiger partial charge in [0.05, 0.1) is 11.9 Å². The third-order valence-corrected chi connectivity index (χ3v) is 5.32. The lowest BCUT2D eigenvalue weighted by molar-refractivity contribution is 0.0752. The Morgan fingerprint density at radius 3 is 2.94 bits per heavy atom. The fourth-order valence-corrected chi connectivity index (χ4v) is 4.32. The molecule has 0 aliphatic carbocycles. The molecule has 0 amide bonds. The zero-order valence-electron chi connectivity index (χ0n) is 10.4. The molecule has 100 valence electrons. The fourth-order valence-electron chi connectivity index (χ4n) is 2.47. The summed E-state index contributed by atoms with van der Waals surface area (Å²) in [6, 6.07) is 0.138. The van der Waals surface area contributed by atoms with Crippen LogP contribution in [0, 0.1) is 0 Å². The van der Waals surface area contributed by atoms with E-state index in [1.54, 1.807) is 4.31 Å². The minimum atomic E-state index is -3.13. The van der Waals surface area contributed by atoms with Crippen molar-refractivity contribution in [2.75, 3.05) is 32.0 Å². The molecule has 2 rings (SSSR count). The zero-order valence-corrected chi connectivity index (χ0v) is 11.2. The molecule has 5 nitrogen and oxygen atoms in total. The highest BCUT2D eigenvalue weighted by Crippen LogP contribution is 2.14. The van der Waals surface area contributed by atoms with Crippen LogP contribution in [0.4, 0.5) is 0 Å². The molecule has 2 aliphatic heterocycles. The van der Waals surface area contributed by atoms with Gasteiger partial charge in [-0.1, -0.05) is 0 Å². The van der Waals surface area contributed by atoms with Gasteiger partial charge in [0.2, 0.25) is 10.0 Å². The molecule has 0 spiro atoms. The molecule has 2 fully saturated rings. The zero-order chi connectivity index (χ0) is 12.3. The standard InChI is InChI=1S/C11H22N2O3S/c1-10-8-13(6-3-7-16-10)17(14,15)9-11-4-2-5-12-11/h10-12H,2-9H2,1H3. The van der Waals surface area contributed by atoms with Crippen molar-refractivity contribution in [3.05, 3.63) is 0 Å². The lowest BCUT2D eigenvalue weighted by Crippen LogP contribution is -2.42. The summed E-state index contributed by atoms with van der Waals surface area (Å²) in [4.78, 5) is 0. The lowest BCUT2D eigenvalue weighted by atomic mass is 10.3. The van der Waals surface area contributed by atoms with E-state index < -0.39 is 10.0 Å². The minimum absolute atomic E-state index is 0.00353. The SMILES string of the molecule is CC1CN(S(=O)(=O)CC2CCCN2)CCCO1. The van der Waals surface area contributed by atoms with Crippen LogP contribution in [0.2, 0.25) is 0 Å². The third kappa shape index (κ3) is 3.64. The maximum atomic E-state index is 12.3. The van der Waals surface area contributed by atoms with Gasteiger partial charge < -0.3 is 10.1 Å². The van der Waals surface area contributed by atoms with Gasteiger partial charge in [0, 0.05) is 25.7 Å². The Hall–Kier alpha value is -0.170. The van der Waals surface area contributed by atoms with E-state index in [0.717, 1.165) is 25.8 Å². The smallest absolute Gasteiger partial charge is 0.215 e. The van der Waals surface area contributed by atoms with Crippen molar-refractivity contribution in [3.63, 3.8) is 0 Å². The van der Waals surface area contributed by atoms with Gasteiger partial charge in [-0.15, -0.1) is 0 Å². The average Bonchev–Trinajstić information content (AvgIpc) is 2.64. The number of hydrogen-bond acceptors (Lipinski definition) is 4. The molecule has 17 heavy (non-hydrogen) atoms. The van der Waals surface area contributed by atoms with Crippen LogP contribution in [0.1, 0.15) is 26.2 Å². The van der Waals surface area contributed by atoms with Crippen LogP contribution in [0.15, 0.2) is 0 Å². The first-order valence-electron chi connectivity index (χ1n) is 6.41. The van der Waals surface area contributed by atoms with E-state index in [1.807, 2.05) is 6.92 Å². The van der Waals surface area contributed by atoms with Crippen molar-refractivity contribution < 1.29 is 13.2 Å². The van der Waals surface area contributed by atoms with Crippen LogP contribution >= 0.6 is 0 Å². The van der Waals surface area contributed by atoms with E-state index in [9.17, 15) is 8.42 Å². The maximum absolute atomic E-state index is 12.3. The Morgan fingerprint density at radius 1 is 1.41 bits per heavy atom. The van der Waals surface area contributed by atoms with E-state index in [0.29, 0.717) is 19.7 Å². The van der Waals surface area contributed by atoms with Gasteiger partial charge in [-0.05, 0) is 32.7 Å². The van der Waals surface area contributed by atoms with Crippen LogP contribution in [0.25, 0.3) is 0 Å². The van der Waals surface area contributed by atoms with Gasteiger partial charge in [-0.2, -0.15) is 4.31 Å². The Bertz CT molecular complexity index is 339. The second kappa shape index (κ2) is 5.65. The van der Waals surface area contributed by atoms with Gasteiger partial charge in [0.1, 0.15) is 0 Å². The summed E-state index contributed by atoms with van der Waals surface area (Å²) in [5.41, 5.74) is 0. The number of nitrogens with one attached hydrogen (secondary N) is 1. The lowest BCUT2D eigenvalue weighted by Gasteiger charge is -2.23. The van der Waals surface area contributed by atoms with Crippen LogP contribution in [-0.4, -0.2) is 56.9 Å². The topological polar surface area (TPSA) is 58.6 Å². The number of ether oxygens (including phenoxy) is 1. The molecule has 2 unspecified atom stereocenters. The highest BCUT2D eigenvalue weighted by Gasteiger charge is 2.29. The van der Waals surface area contributed by atoms with Crippen LogP contribution in [0.5, 0.6) is 0 Å². The van der Waals surface area contributed by atoms with Gasteiger partial charge in [-0.3, -0.25) is 0 Å². The Morgan fingerprint density at radius 2 is 2.24 bits per heavy atom. The molecule has 0 aromatic carbocycles. The summed E-state index contributed by atoms with van der Waals surface area (Å²) in [7, 11) is -3.13. The number of rotatable bonds is 3. The average molecular weight is 262 g/mol. The number of hydrogen-bond donors (Lipinski definition) is 1. The molecular weight excluding hydrogens is 240 g/mol. The van der Waals surface area contributed by atoms with E-state index in [1.165, 1.54) is 0 Å². The van der Waals surface area contributed by atoms with Gasteiger partial charge in [0.15, 0.2) is 0 Å². The van der Waals surface area contributed by atoms with Crippen molar-refractivity contribution >= 4 is 10.0 Å². The Kier molecular flexibility index (Phi) is 4.41. The summed E-state index contributed by atoms with van der Waals surface area (Å²) in [5.74, 6) is 0.236. The normalized spacial score (nSPS) is 32.5. The molecule has 0 bridgehead atoms. The largest absolute Gasteiger partial charge is 0.377 e. The van der Waals surface area contributed by atoms with Gasteiger partial charge in [0.25, 0.3) is 0 Å². The summed E-state index contributed by atoms with van der Waals surface area (Å²) >= 11 is 0. The molecule has 6 heteroatoms. The molecule has 2 heterocycles. The van der Waals surface area contributed by atoms with Crippen LogP contribution in [0.3, 0.4) is 0 Å². The predicted molar refractivity (Wildman–Crippen MR) is 66.4 cm³/mol. The second-order valence-electron chi connectivity index (χ2n) is 4.96. The van der Waals surface area contributed by atoms with Crippen LogP contribution < -0.4 is 5.32 Å². The molecule has 0 aromatic rings. The van der Waals surface area contributed by atoms with E-state index in [4.69, 9.17) is 4.74 Å². The summed E-state index contributed by atoms with van der Waals surface area (Å²) < 4.78 is 31.6. The first-order chi connectivity index (χ1) is 8.08. The van der Waals surface area contributed by atoms with Crippen molar-refractivity contribution in [2.24, 2.45) is 0 Å². The summed E-state index contributed by atoms with van der Waals surface area (Å²) in [5, 5.41) is 3.24. The fraction of sp³-hybridized carbons (Fsp3) is 1.00. The second-order valence-corrected chi connectivity index (χ2v) is 6.98. The molecule has 1 N–H and O–H groups in total. The molecule has 2 atom stereocenters. The molecule has 2 aliphatic rings. The van der Waals surface area contributed by atoms with Gasteiger partial charge in [-0.25, -0.2) is 8.42 Å². The quantitative estimate of drug-likeness (QED) is 0.788. The van der Waals surface area contributed by atoms with Gasteiger partial charge >= 0.3 is 0 Å².